The predicted octanol–water partition coefficient (Wildman–Crippen LogP) is 3.14. The number of hydrogen-bond donors (Lipinski definition) is 1. The fraction of sp³-hybridized carbons (Fsp3) is 1.00. The first kappa shape index (κ1) is 16.5. The van der Waals surface area contributed by atoms with Crippen molar-refractivity contribution >= 4 is 25.2 Å². The highest BCUT2D eigenvalue weighted by molar-refractivity contribution is 6.87. The third kappa shape index (κ3) is 8.66. The smallest absolute Gasteiger partial charge is 0.314 e. The Labute approximate surface area is 104 Å². The molecule has 0 heterocycles. The minimum Gasteiger partial charge on any atom is -0.437 e. The second-order valence-electron chi connectivity index (χ2n) is 6.39. The highest BCUT2D eigenvalue weighted by Gasteiger charge is 2.39. The van der Waals surface area contributed by atoms with Gasteiger partial charge in [0.1, 0.15) is 0 Å². The third-order valence-corrected chi connectivity index (χ3v) is 11.4. The van der Waals surface area contributed by atoms with Crippen LogP contribution in [0.1, 0.15) is 6.42 Å². The van der Waals surface area contributed by atoms with Crippen LogP contribution in [-0.4, -0.2) is 36.9 Å². The molecule has 0 saturated carbocycles. The number of hydrogen-bond acceptors (Lipinski definition) is 3. The average Bonchev–Trinajstić information content (AvgIpc) is 1.93. The molecule has 0 spiro atoms. The highest BCUT2D eigenvalue weighted by Crippen LogP contribution is 2.25. The zero-order valence-electron chi connectivity index (χ0n) is 11.9. The molecular weight excluding hydrogens is 252 g/mol. The fourth-order valence-corrected chi connectivity index (χ4v) is 14.3. The van der Waals surface area contributed by atoms with Gasteiger partial charge in [-0.25, -0.2) is 0 Å². The van der Waals surface area contributed by atoms with Gasteiger partial charge in [0.25, 0.3) is 0 Å². The van der Waals surface area contributed by atoms with Crippen molar-refractivity contribution in [1.82, 2.24) is 0 Å². The summed E-state index contributed by atoms with van der Waals surface area (Å²) in [7, 11) is -5.21. The lowest BCUT2D eigenvalue weighted by Crippen LogP contribution is -2.52. The van der Waals surface area contributed by atoms with Gasteiger partial charge in [0.05, 0.1) is 0 Å². The molecule has 0 amide bonds. The molecule has 0 aromatic heterocycles. The average molecular weight is 281 g/mol. The Bertz CT molecular complexity index is 192. The van der Waals surface area contributed by atoms with Crippen LogP contribution in [0, 0.1) is 0 Å². The van der Waals surface area contributed by atoms with E-state index in [-0.39, 0.29) is 6.61 Å². The molecule has 0 aliphatic rings. The number of aliphatic hydroxyl groups excluding tert-OH is 1. The van der Waals surface area contributed by atoms with Crippen molar-refractivity contribution in [1.29, 1.82) is 0 Å². The van der Waals surface area contributed by atoms with E-state index in [1.807, 2.05) is 0 Å². The van der Waals surface area contributed by atoms with Gasteiger partial charge >= 0.3 is 8.56 Å². The summed E-state index contributed by atoms with van der Waals surface area (Å²) in [5.74, 6) is 0. The van der Waals surface area contributed by atoms with Crippen molar-refractivity contribution in [2.45, 2.75) is 58.3 Å². The second kappa shape index (κ2) is 5.92. The van der Waals surface area contributed by atoms with E-state index in [0.717, 1.165) is 12.5 Å². The predicted molar refractivity (Wildman–Crippen MR) is 77.0 cm³/mol. The van der Waals surface area contributed by atoms with Crippen molar-refractivity contribution in [2.24, 2.45) is 0 Å². The fourth-order valence-electron chi connectivity index (χ4n) is 1.82. The molecule has 0 aromatic rings. The molecule has 98 valence electrons. The second-order valence-corrected chi connectivity index (χ2v) is 19.2. The molecule has 0 unspecified atom stereocenters. The minimum absolute atomic E-state index is 0.229. The van der Waals surface area contributed by atoms with E-state index < -0.39 is 25.2 Å². The zero-order valence-corrected chi connectivity index (χ0v) is 14.9. The van der Waals surface area contributed by atoms with Gasteiger partial charge in [-0.15, -0.1) is 0 Å². The van der Waals surface area contributed by atoms with Gasteiger partial charge in [0.2, 0.25) is 0 Å². The normalized spacial score (nSPS) is 14.2. The maximum atomic E-state index is 8.96. The maximum absolute atomic E-state index is 8.96. The maximum Gasteiger partial charge on any atom is 0.314 e. The van der Waals surface area contributed by atoms with Crippen molar-refractivity contribution in [3.05, 3.63) is 0 Å². The van der Waals surface area contributed by atoms with Gasteiger partial charge in [0, 0.05) is 6.61 Å². The Morgan fingerprint density at radius 2 is 1.19 bits per heavy atom. The first-order valence-electron chi connectivity index (χ1n) is 5.99. The van der Waals surface area contributed by atoms with Crippen LogP contribution in [0.4, 0.5) is 0 Å². The van der Waals surface area contributed by atoms with E-state index in [1.165, 1.54) is 0 Å². The standard InChI is InChI=1S/C10H28O3Si3/c1-14(2,3)12-16(7,10-8-9-11)13-15(4,5)6/h11H,8-10H2,1-7H3. The van der Waals surface area contributed by atoms with Crippen molar-refractivity contribution < 1.29 is 13.3 Å². The molecule has 0 radical (unpaired) electrons. The van der Waals surface area contributed by atoms with Crippen LogP contribution in [0.25, 0.3) is 0 Å². The summed E-state index contributed by atoms with van der Waals surface area (Å²) in [6.45, 7) is 15.6. The molecule has 1 N–H and O–H groups in total. The van der Waals surface area contributed by atoms with Gasteiger partial charge in [-0.2, -0.15) is 0 Å². The molecular formula is C10H28O3Si3. The molecule has 0 atom stereocenters. The Hall–Kier alpha value is 0.531. The molecule has 0 aliphatic heterocycles. The quantitative estimate of drug-likeness (QED) is 0.728. The van der Waals surface area contributed by atoms with Crippen LogP contribution in [-0.2, 0) is 8.23 Å². The molecule has 3 nitrogen and oxygen atoms in total. The topological polar surface area (TPSA) is 38.7 Å². The molecule has 0 fully saturated rings. The first-order chi connectivity index (χ1) is 6.97. The van der Waals surface area contributed by atoms with Crippen LogP contribution in [0.15, 0.2) is 0 Å². The Kier molecular flexibility index (Phi) is 6.12. The van der Waals surface area contributed by atoms with Crippen molar-refractivity contribution in [2.75, 3.05) is 6.61 Å². The molecule has 0 rings (SSSR count). The van der Waals surface area contributed by atoms with E-state index in [0.29, 0.717) is 0 Å². The largest absolute Gasteiger partial charge is 0.437 e. The molecule has 6 heteroatoms. The van der Waals surface area contributed by atoms with Gasteiger partial charge in [-0.1, -0.05) is 0 Å². The van der Waals surface area contributed by atoms with Crippen LogP contribution in [0.2, 0.25) is 51.9 Å². The van der Waals surface area contributed by atoms with Crippen molar-refractivity contribution in [3.8, 4) is 0 Å². The molecule has 0 bridgehead atoms. The summed E-state index contributed by atoms with van der Waals surface area (Å²) in [4.78, 5) is 0. The zero-order chi connectivity index (χ0) is 13.0. The Balaban J connectivity index is 4.61. The van der Waals surface area contributed by atoms with E-state index in [9.17, 15) is 0 Å². The minimum atomic E-state index is -2.08. The summed E-state index contributed by atoms with van der Waals surface area (Å²) in [5, 5.41) is 8.96. The van der Waals surface area contributed by atoms with Crippen LogP contribution >= 0.6 is 0 Å². The lowest BCUT2D eigenvalue weighted by molar-refractivity contribution is 0.286. The van der Waals surface area contributed by atoms with Crippen LogP contribution in [0.3, 0.4) is 0 Å². The highest BCUT2D eigenvalue weighted by atomic mass is 28.5. The first-order valence-corrected chi connectivity index (χ1v) is 15.3. The number of rotatable bonds is 7. The van der Waals surface area contributed by atoms with Gasteiger partial charge < -0.3 is 13.3 Å². The van der Waals surface area contributed by atoms with E-state index in [1.54, 1.807) is 0 Å². The molecule has 0 saturated heterocycles. The summed E-state index contributed by atoms with van der Waals surface area (Å²) in [5.41, 5.74) is 0. The summed E-state index contributed by atoms with van der Waals surface area (Å²) in [6.07, 6.45) is 0.789. The Morgan fingerprint density at radius 1 is 0.812 bits per heavy atom. The monoisotopic (exact) mass is 280 g/mol. The summed E-state index contributed by atoms with van der Waals surface area (Å²) in [6, 6.07) is 0.901. The van der Waals surface area contributed by atoms with Crippen molar-refractivity contribution in [3.63, 3.8) is 0 Å². The lowest BCUT2D eigenvalue weighted by atomic mass is 10.5. The van der Waals surface area contributed by atoms with E-state index in [2.05, 4.69) is 45.8 Å². The van der Waals surface area contributed by atoms with Gasteiger partial charge in [-0.05, 0) is 58.3 Å². The van der Waals surface area contributed by atoms with Gasteiger partial charge in [-0.3, -0.25) is 0 Å². The van der Waals surface area contributed by atoms with Crippen LogP contribution < -0.4 is 0 Å². The Morgan fingerprint density at radius 3 is 1.44 bits per heavy atom. The summed E-state index contributed by atoms with van der Waals surface area (Å²) < 4.78 is 12.6. The third-order valence-electron chi connectivity index (χ3n) is 1.83. The molecule has 0 aliphatic carbocycles. The molecule has 0 aromatic carbocycles. The summed E-state index contributed by atoms with van der Waals surface area (Å²) >= 11 is 0. The number of aliphatic hydroxyl groups is 1. The van der Waals surface area contributed by atoms with E-state index in [4.69, 9.17) is 13.3 Å². The lowest BCUT2D eigenvalue weighted by Gasteiger charge is -2.38. The van der Waals surface area contributed by atoms with E-state index >= 15 is 0 Å². The molecule has 16 heavy (non-hydrogen) atoms. The van der Waals surface area contributed by atoms with Gasteiger partial charge in [0.15, 0.2) is 16.6 Å². The van der Waals surface area contributed by atoms with Crippen LogP contribution in [0.5, 0.6) is 0 Å². The SMILES string of the molecule is C[Si](C)(C)O[Si](C)(CCCO)O[Si](C)(C)C.